The molecule has 0 unspecified atom stereocenters. The molecule has 0 amide bonds. The maximum atomic E-state index is 13.0. The third-order valence-corrected chi connectivity index (χ3v) is 3.00. The molecule has 0 spiro atoms. The molecule has 0 aliphatic heterocycles. The Bertz CT molecular complexity index is 573. The van der Waals surface area contributed by atoms with Gasteiger partial charge in [0.05, 0.1) is 11.6 Å². The molecule has 18 heavy (non-hydrogen) atoms. The van der Waals surface area contributed by atoms with E-state index in [1.807, 2.05) is 0 Å². The summed E-state index contributed by atoms with van der Waals surface area (Å²) in [5.74, 6) is 0.267. The van der Waals surface area contributed by atoms with Crippen LogP contribution in [0.5, 0.6) is 11.5 Å². The Morgan fingerprint density at radius 3 is 2.56 bits per heavy atom. The van der Waals surface area contributed by atoms with Gasteiger partial charge >= 0.3 is 0 Å². The molecule has 2 aromatic carbocycles. The lowest BCUT2D eigenvalue weighted by Crippen LogP contribution is -1.93. The number of benzene rings is 2. The number of aliphatic hydroxyl groups excluding tert-OH is 1. The van der Waals surface area contributed by atoms with E-state index in [9.17, 15) is 9.50 Å². The Kier molecular flexibility index (Phi) is 4.07. The number of hydrogen-bond acceptors (Lipinski definition) is 2. The topological polar surface area (TPSA) is 29.5 Å². The summed E-state index contributed by atoms with van der Waals surface area (Å²) in [6.07, 6.45) is 0. The van der Waals surface area contributed by atoms with Crippen LogP contribution in [0, 0.1) is 5.82 Å². The van der Waals surface area contributed by atoms with Crippen LogP contribution >= 0.6 is 23.2 Å². The molecule has 0 aliphatic rings. The van der Waals surface area contributed by atoms with E-state index in [-0.39, 0.29) is 11.6 Å². The second-order valence-corrected chi connectivity index (χ2v) is 4.37. The number of rotatable bonds is 3. The molecule has 0 saturated carbocycles. The molecular formula is C13H9Cl2FO2. The zero-order chi connectivity index (χ0) is 13.1. The van der Waals surface area contributed by atoms with Crippen molar-refractivity contribution in [3.8, 4) is 11.5 Å². The minimum Gasteiger partial charge on any atom is -0.457 e. The third kappa shape index (κ3) is 2.75. The first kappa shape index (κ1) is 13.1. The van der Waals surface area contributed by atoms with Gasteiger partial charge in [-0.3, -0.25) is 0 Å². The van der Waals surface area contributed by atoms with Crippen LogP contribution in [0.25, 0.3) is 0 Å². The van der Waals surface area contributed by atoms with Crippen LogP contribution < -0.4 is 4.74 Å². The molecule has 0 heterocycles. The molecule has 0 bridgehead atoms. The summed E-state index contributed by atoms with van der Waals surface area (Å²) < 4.78 is 18.5. The van der Waals surface area contributed by atoms with E-state index < -0.39 is 5.82 Å². The second kappa shape index (κ2) is 5.57. The highest BCUT2D eigenvalue weighted by Crippen LogP contribution is 2.31. The number of halogens is 3. The Morgan fingerprint density at radius 2 is 1.89 bits per heavy atom. The Labute approximate surface area is 114 Å². The lowest BCUT2D eigenvalue weighted by Gasteiger charge is -2.11. The Balaban J connectivity index is 2.34. The Morgan fingerprint density at radius 1 is 1.11 bits per heavy atom. The van der Waals surface area contributed by atoms with Crippen molar-refractivity contribution >= 4 is 23.2 Å². The zero-order valence-electron chi connectivity index (χ0n) is 9.16. The fourth-order valence-corrected chi connectivity index (χ4v) is 1.85. The molecule has 0 fully saturated rings. The van der Waals surface area contributed by atoms with Gasteiger partial charge in [0.1, 0.15) is 17.3 Å². The molecule has 2 nitrogen and oxygen atoms in total. The lowest BCUT2D eigenvalue weighted by molar-refractivity contribution is 0.276. The average molecular weight is 287 g/mol. The largest absolute Gasteiger partial charge is 0.457 e. The van der Waals surface area contributed by atoms with E-state index in [2.05, 4.69) is 0 Å². The fourth-order valence-electron chi connectivity index (χ4n) is 1.46. The van der Waals surface area contributed by atoms with E-state index in [1.54, 1.807) is 18.2 Å². The van der Waals surface area contributed by atoms with Crippen molar-refractivity contribution in [2.24, 2.45) is 0 Å². The molecule has 0 radical (unpaired) electrons. The van der Waals surface area contributed by atoms with Crippen molar-refractivity contribution in [3.05, 3.63) is 57.8 Å². The van der Waals surface area contributed by atoms with E-state index in [0.29, 0.717) is 22.1 Å². The van der Waals surface area contributed by atoms with Crippen LogP contribution in [-0.4, -0.2) is 5.11 Å². The van der Waals surface area contributed by atoms with E-state index in [1.165, 1.54) is 18.2 Å². The highest BCUT2D eigenvalue weighted by Gasteiger charge is 2.09. The van der Waals surface area contributed by atoms with Crippen LogP contribution in [-0.2, 0) is 6.61 Å². The van der Waals surface area contributed by atoms with Crippen LogP contribution in [0.4, 0.5) is 4.39 Å². The molecule has 0 aromatic heterocycles. The number of ether oxygens (including phenoxy) is 1. The minimum atomic E-state index is -0.516. The van der Waals surface area contributed by atoms with Gasteiger partial charge in [-0.05, 0) is 24.3 Å². The van der Waals surface area contributed by atoms with Crippen molar-refractivity contribution in [3.63, 3.8) is 0 Å². The van der Waals surface area contributed by atoms with Gasteiger partial charge < -0.3 is 9.84 Å². The van der Waals surface area contributed by atoms with Crippen LogP contribution in [0.2, 0.25) is 10.0 Å². The van der Waals surface area contributed by atoms with Gasteiger partial charge in [0, 0.05) is 16.7 Å². The summed E-state index contributed by atoms with van der Waals surface area (Å²) in [7, 11) is 0. The van der Waals surface area contributed by atoms with Gasteiger partial charge in [0.2, 0.25) is 0 Å². The number of aliphatic hydroxyl groups is 1. The summed E-state index contributed by atoms with van der Waals surface area (Å²) in [5, 5.41) is 9.60. The first-order chi connectivity index (χ1) is 8.61. The lowest BCUT2D eigenvalue weighted by atomic mass is 10.2. The molecule has 5 heteroatoms. The van der Waals surface area contributed by atoms with Crippen LogP contribution in [0.1, 0.15) is 5.56 Å². The third-order valence-electron chi connectivity index (χ3n) is 2.35. The van der Waals surface area contributed by atoms with Crippen molar-refractivity contribution in [2.45, 2.75) is 6.61 Å². The molecule has 1 N–H and O–H groups in total. The zero-order valence-corrected chi connectivity index (χ0v) is 10.7. The van der Waals surface area contributed by atoms with Gasteiger partial charge in [-0.2, -0.15) is 0 Å². The maximum absolute atomic E-state index is 13.0. The minimum absolute atomic E-state index is 0.0277. The standard InChI is InChI=1S/C13H9Cl2FO2/c14-10-2-1-3-13(9(10)7-17)18-8-4-5-12(16)11(15)6-8/h1-6,17H,7H2. The number of hydrogen-bond donors (Lipinski definition) is 1. The molecule has 2 rings (SSSR count). The van der Waals surface area contributed by atoms with Crippen molar-refractivity contribution in [1.82, 2.24) is 0 Å². The van der Waals surface area contributed by atoms with Crippen LogP contribution in [0.3, 0.4) is 0 Å². The fraction of sp³-hybridized carbons (Fsp3) is 0.0769. The highest BCUT2D eigenvalue weighted by atomic mass is 35.5. The summed E-state index contributed by atoms with van der Waals surface area (Å²) >= 11 is 11.6. The molecule has 0 atom stereocenters. The monoisotopic (exact) mass is 286 g/mol. The van der Waals surface area contributed by atoms with E-state index >= 15 is 0 Å². The van der Waals surface area contributed by atoms with Crippen LogP contribution in [0.15, 0.2) is 36.4 Å². The predicted octanol–water partition coefficient (Wildman–Crippen LogP) is 4.42. The Hall–Kier alpha value is -1.29. The van der Waals surface area contributed by atoms with Crippen molar-refractivity contribution < 1.29 is 14.2 Å². The normalized spacial score (nSPS) is 10.4. The smallest absolute Gasteiger partial charge is 0.142 e. The second-order valence-electron chi connectivity index (χ2n) is 3.55. The van der Waals surface area contributed by atoms with Crippen molar-refractivity contribution in [1.29, 1.82) is 0 Å². The van der Waals surface area contributed by atoms with Gasteiger partial charge in [0.25, 0.3) is 0 Å². The molecular weight excluding hydrogens is 278 g/mol. The molecule has 94 valence electrons. The average Bonchev–Trinajstić information content (AvgIpc) is 2.34. The van der Waals surface area contributed by atoms with Gasteiger partial charge in [0.15, 0.2) is 0 Å². The van der Waals surface area contributed by atoms with Crippen molar-refractivity contribution in [2.75, 3.05) is 0 Å². The van der Waals surface area contributed by atoms with Gasteiger partial charge in [-0.25, -0.2) is 4.39 Å². The van der Waals surface area contributed by atoms with Gasteiger partial charge in [-0.15, -0.1) is 0 Å². The summed E-state index contributed by atoms with van der Waals surface area (Å²) in [6.45, 7) is -0.246. The van der Waals surface area contributed by atoms with E-state index in [4.69, 9.17) is 27.9 Å². The van der Waals surface area contributed by atoms with Gasteiger partial charge in [-0.1, -0.05) is 29.3 Å². The molecule has 0 saturated heterocycles. The van der Waals surface area contributed by atoms with E-state index in [0.717, 1.165) is 0 Å². The summed E-state index contributed by atoms with van der Waals surface area (Å²) in [4.78, 5) is 0. The highest BCUT2D eigenvalue weighted by molar-refractivity contribution is 6.31. The first-order valence-corrected chi connectivity index (χ1v) is 5.88. The SMILES string of the molecule is OCc1c(Cl)cccc1Oc1ccc(F)c(Cl)c1. The molecule has 0 aliphatic carbocycles. The quantitative estimate of drug-likeness (QED) is 0.905. The maximum Gasteiger partial charge on any atom is 0.142 e. The summed E-state index contributed by atoms with van der Waals surface area (Å²) in [5.41, 5.74) is 0.472. The summed E-state index contributed by atoms with van der Waals surface area (Å²) in [6, 6.07) is 9.03. The molecule has 2 aromatic rings. The first-order valence-electron chi connectivity index (χ1n) is 5.13. The predicted molar refractivity (Wildman–Crippen MR) is 68.9 cm³/mol.